The minimum atomic E-state index is -0.597. The standard InChI is InChI=1S/C20H17N3O.C14H13N3O/c1-14-8-11-17(12-9-14)23-15(2)18(22-20(23)19(21)24)13-10-16-6-4-3-5-7-16;1-4-12-10(3)17(14(16-12)13(15)18)11-7-5-9(2)6-8-11/h3-9,11-12H,1-2H3,(H2,21,24);1,5-8H,2-3H3,(H2,15,18). The summed E-state index contributed by atoms with van der Waals surface area (Å²) in [7, 11) is 0. The lowest BCUT2D eigenvalue weighted by Crippen LogP contribution is -2.17. The van der Waals surface area contributed by atoms with Gasteiger partial charge < -0.3 is 11.5 Å². The summed E-state index contributed by atoms with van der Waals surface area (Å²) in [6, 6.07) is 25.2. The third kappa shape index (κ3) is 6.30. The molecule has 0 unspecified atom stereocenters. The van der Waals surface area contributed by atoms with Gasteiger partial charge in [-0.1, -0.05) is 59.5 Å². The molecule has 0 spiro atoms. The van der Waals surface area contributed by atoms with E-state index in [9.17, 15) is 9.59 Å². The van der Waals surface area contributed by atoms with Crippen LogP contribution in [0.4, 0.5) is 0 Å². The van der Waals surface area contributed by atoms with Gasteiger partial charge in [-0.2, -0.15) is 0 Å². The Bertz CT molecular complexity index is 1860. The number of aromatic nitrogens is 4. The van der Waals surface area contributed by atoms with Gasteiger partial charge in [-0.25, -0.2) is 9.97 Å². The van der Waals surface area contributed by atoms with Crippen LogP contribution in [0.5, 0.6) is 0 Å². The topological polar surface area (TPSA) is 122 Å². The van der Waals surface area contributed by atoms with E-state index in [1.165, 1.54) is 0 Å². The molecule has 8 heteroatoms. The number of carbonyl (C=O) groups excluding carboxylic acids is 2. The van der Waals surface area contributed by atoms with E-state index in [1.807, 2.05) is 107 Å². The SMILES string of the molecule is C#Cc1nc(C(N)=O)n(-c2ccc(C)cc2)c1C.Cc1ccc(-n2c(C(N)=O)nc(C#Cc3ccccc3)c2C)cc1. The minimum Gasteiger partial charge on any atom is -0.363 e. The van der Waals surface area contributed by atoms with Gasteiger partial charge in [-0.15, -0.1) is 6.42 Å². The number of primary amides is 2. The van der Waals surface area contributed by atoms with Crippen molar-refractivity contribution in [1.29, 1.82) is 0 Å². The highest BCUT2D eigenvalue weighted by molar-refractivity contribution is 5.91. The van der Waals surface area contributed by atoms with Gasteiger partial charge in [0.05, 0.1) is 11.4 Å². The zero-order valence-electron chi connectivity index (χ0n) is 23.8. The Balaban J connectivity index is 0.000000201. The Hall–Kier alpha value is -5.86. The third-order valence-electron chi connectivity index (χ3n) is 6.48. The molecule has 0 saturated carbocycles. The molecule has 0 radical (unpaired) electrons. The van der Waals surface area contributed by atoms with E-state index in [4.69, 9.17) is 17.9 Å². The highest BCUT2D eigenvalue weighted by atomic mass is 16.1. The number of hydrogen-bond donors (Lipinski definition) is 2. The summed E-state index contributed by atoms with van der Waals surface area (Å²) in [6.07, 6.45) is 5.36. The maximum Gasteiger partial charge on any atom is 0.285 e. The van der Waals surface area contributed by atoms with Crippen molar-refractivity contribution in [2.75, 3.05) is 0 Å². The summed E-state index contributed by atoms with van der Waals surface area (Å²) in [5, 5.41) is 0. The summed E-state index contributed by atoms with van der Waals surface area (Å²) < 4.78 is 3.42. The molecule has 3 aromatic carbocycles. The zero-order valence-corrected chi connectivity index (χ0v) is 23.8. The number of carbonyl (C=O) groups is 2. The van der Waals surface area contributed by atoms with Crippen molar-refractivity contribution in [3.8, 4) is 35.6 Å². The van der Waals surface area contributed by atoms with Gasteiger partial charge in [0, 0.05) is 16.9 Å². The van der Waals surface area contributed by atoms with Crippen LogP contribution >= 0.6 is 0 Å². The first kappa shape index (κ1) is 29.1. The molecule has 42 heavy (non-hydrogen) atoms. The summed E-state index contributed by atoms with van der Waals surface area (Å²) in [4.78, 5) is 31.6. The Morgan fingerprint density at radius 1 is 0.643 bits per heavy atom. The van der Waals surface area contributed by atoms with E-state index in [0.29, 0.717) is 11.4 Å². The van der Waals surface area contributed by atoms with Crippen LogP contribution in [-0.2, 0) is 0 Å². The molecule has 208 valence electrons. The number of amides is 2. The van der Waals surface area contributed by atoms with Crippen LogP contribution in [0.3, 0.4) is 0 Å². The molecule has 2 aromatic heterocycles. The van der Waals surface area contributed by atoms with Crippen molar-refractivity contribution < 1.29 is 9.59 Å². The van der Waals surface area contributed by atoms with Crippen LogP contribution in [-0.4, -0.2) is 30.9 Å². The van der Waals surface area contributed by atoms with Gasteiger partial charge in [0.2, 0.25) is 11.6 Å². The Kier molecular flexibility index (Phi) is 8.70. The van der Waals surface area contributed by atoms with Crippen LogP contribution < -0.4 is 11.5 Å². The molecule has 0 atom stereocenters. The number of hydrogen-bond acceptors (Lipinski definition) is 4. The largest absolute Gasteiger partial charge is 0.363 e. The van der Waals surface area contributed by atoms with Crippen LogP contribution in [0.15, 0.2) is 78.9 Å². The number of nitrogens with two attached hydrogens (primary N) is 2. The fourth-order valence-electron chi connectivity index (χ4n) is 4.26. The smallest absolute Gasteiger partial charge is 0.285 e. The lowest BCUT2D eigenvalue weighted by atomic mass is 10.2. The average molecular weight is 555 g/mol. The molecule has 2 heterocycles. The highest BCUT2D eigenvalue weighted by Crippen LogP contribution is 2.19. The second kappa shape index (κ2) is 12.5. The number of nitrogens with zero attached hydrogens (tertiary/aromatic N) is 4. The summed E-state index contributed by atoms with van der Waals surface area (Å²) in [5.74, 6) is 7.72. The Morgan fingerprint density at radius 3 is 1.50 bits per heavy atom. The molecule has 0 aliphatic rings. The van der Waals surface area contributed by atoms with E-state index in [0.717, 1.165) is 39.5 Å². The molecule has 0 saturated heterocycles. The summed E-state index contributed by atoms with van der Waals surface area (Å²) >= 11 is 0. The molecule has 8 nitrogen and oxygen atoms in total. The van der Waals surface area contributed by atoms with Crippen LogP contribution in [0.2, 0.25) is 0 Å². The van der Waals surface area contributed by atoms with E-state index >= 15 is 0 Å². The fraction of sp³-hybridized carbons (Fsp3) is 0.118. The normalized spacial score (nSPS) is 10.1. The van der Waals surface area contributed by atoms with Gasteiger partial charge in [-0.05, 0) is 75.9 Å². The maximum atomic E-state index is 11.8. The van der Waals surface area contributed by atoms with Gasteiger partial charge in [0.25, 0.3) is 11.8 Å². The Morgan fingerprint density at radius 2 is 1.07 bits per heavy atom. The van der Waals surface area contributed by atoms with Gasteiger partial charge in [0.15, 0.2) is 0 Å². The monoisotopic (exact) mass is 554 g/mol. The molecular weight excluding hydrogens is 524 g/mol. The van der Waals surface area contributed by atoms with Gasteiger partial charge in [0.1, 0.15) is 11.4 Å². The first-order valence-electron chi connectivity index (χ1n) is 13.1. The molecule has 5 rings (SSSR count). The second-order valence-corrected chi connectivity index (χ2v) is 9.57. The van der Waals surface area contributed by atoms with Crippen molar-refractivity contribution in [1.82, 2.24) is 19.1 Å². The van der Waals surface area contributed by atoms with E-state index < -0.39 is 11.8 Å². The average Bonchev–Trinajstić information content (AvgIpc) is 3.50. The molecule has 0 aliphatic heterocycles. The molecule has 0 fully saturated rings. The number of rotatable bonds is 4. The van der Waals surface area contributed by atoms with E-state index in [2.05, 4.69) is 27.7 Å². The lowest BCUT2D eigenvalue weighted by molar-refractivity contribution is 0.0980. The molecular formula is C34H30N6O2. The number of benzene rings is 3. The molecule has 0 bridgehead atoms. The van der Waals surface area contributed by atoms with E-state index in [1.54, 1.807) is 9.13 Å². The predicted molar refractivity (Wildman–Crippen MR) is 163 cm³/mol. The number of aryl methyl sites for hydroxylation is 2. The van der Waals surface area contributed by atoms with Crippen LogP contribution in [0, 0.1) is 51.9 Å². The molecule has 5 aromatic rings. The van der Waals surface area contributed by atoms with Crippen molar-refractivity contribution in [2.45, 2.75) is 27.7 Å². The lowest BCUT2D eigenvalue weighted by Gasteiger charge is -2.08. The second-order valence-electron chi connectivity index (χ2n) is 9.57. The van der Waals surface area contributed by atoms with Crippen molar-refractivity contribution in [2.24, 2.45) is 11.5 Å². The first-order valence-corrected chi connectivity index (χ1v) is 13.1. The van der Waals surface area contributed by atoms with Crippen molar-refractivity contribution in [3.63, 3.8) is 0 Å². The molecule has 4 N–H and O–H groups in total. The predicted octanol–water partition coefficient (Wildman–Crippen LogP) is 4.56. The first-order chi connectivity index (χ1) is 20.1. The molecule has 0 aliphatic carbocycles. The quantitative estimate of drug-likeness (QED) is 0.316. The molecule has 2 amide bonds. The zero-order chi connectivity index (χ0) is 30.4. The van der Waals surface area contributed by atoms with Crippen molar-refractivity contribution >= 4 is 11.8 Å². The van der Waals surface area contributed by atoms with Crippen LogP contribution in [0.25, 0.3) is 11.4 Å². The van der Waals surface area contributed by atoms with Gasteiger partial charge in [-0.3, -0.25) is 18.7 Å². The van der Waals surface area contributed by atoms with Crippen molar-refractivity contribution in [3.05, 3.63) is 130 Å². The Labute approximate surface area is 245 Å². The van der Waals surface area contributed by atoms with Gasteiger partial charge >= 0.3 is 0 Å². The van der Waals surface area contributed by atoms with E-state index in [-0.39, 0.29) is 11.6 Å². The fourth-order valence-corrected chi connectivity index (χ4v) is 4.26. The number of terminal acetylenes is 1. The summed E-state index contributed by atoms with van der Waals surface area (Å²) in [6.45, 7) is 7.70. The summed E-state index contributed by atoms with van der Waals surface area (Å²) in [5.41, 5.74) is 18.2. The van der Waals surface area contributed by atoms with Crippen LogP contribution in [0.1, 0.15) is 60.7 Å². The highest BCUT2D eigenvalue weighted by Gasteiger charge is 2.19. The maximum absolute atomic E-state index is 11.8. The third-order valence-corrected chi connectivity index (χ3v) is 6.48. The number of imidazole rings is 2. The minimum absolute atomic E-state index is 0.157.